The smallest absolute Gasteiger partial charge is 0.396 e. The summed E-state index contributed by atoms with van der Waals surface area (Å²) in [6.07, 6.45) is 0. The Morgan fingerprint density at radius 2 is 1.58 bits per heavy atom. The molecule has 2 aromatic carbocycles. The van der Waals surface area contributed by atoms with Crippen molar-refractivity contribution in [3.8, 4) is 11.4 Å². The first-order chi connectivity index (χ1) is 10.1. The first-order valence-electron chi connectivity index (χ1n) is 5.96. The van der Waals surface area contributed by atoms with E-state index in [2.05, 4.69) is 46.8 Å². The Balaban J connectivity index is 0.00000176. The highest BCUT2D eigenvalue weighted by Crippen LogP contribution is 2.33. The van der Waals surface area contributed by atoms with Crippen molar-refractivity contribution < 1.29 is 12.4 Å². The molecule has 3 rings (SSSR count). The predicted octanol–water partition coefficient (Wildman–Crippen LogP) is 2.74. The summed E-state index contributed by atoms with van der Waals surface area (Å²) in [7, 11) is 0. The van der Waals surface area contributed by atoms with Gasteiger partial charge >= 0.3 is 5.69 Å². The molecule has 0 amide bonds. The van der Waals surface area contributed by atoms with Gasteiger partial charge in [0.05, 0.1) is 5.52 Å². The van der Waals surface area contributed by atoms with Crippen LogP contribution in [-0.2, 0) is 0 Å². The van der Waals surface area contributed by atoms with Gasteiger partial charge in [0.25, 0.3) is 0 Å². The van der Waals surface area contributed by atoms with Crippen molar-refractivity contribution in [2.24, 2.45) is 0 Å². The average molecular weight is 514 g/mol. The lowest BCUT2D eigenvalue weighted by Crippen LogP contribution is -3.00. The molecule has 0 aliphatic heterocycles. The Bertz CT molecular complexity index is 915. The summed E-state index contributed by atoms with van der Waals surface area (Å²) in [4.78, 5) is 12.1. The molecule has 0 spiro atoms. The fourth-order valence-corrected chi connectivity index (χ4v) is 2.74. The van der Waals surface area contributed by atoms with E-state index in [1.807, 2.05) is 18.2 Å². The molecule has 2 N–H and O–H groups in total. The van der Waals surface area contributed by atoms with Crippen molar-refractivity contribution >= 4 is 79.1 Å². The van der Waals surface area contributed by atoms with Crippen molar-refractivity contribution in [1.29, 1.82) is 5.39 Å². The summed E-state index contributed by atoms with van der Waals surface area (Å²) in [5, 5.41) is 9.88. The minimum atomic E-state index is 0. The van der Waals surface area contributed by atoms with E-state index in [9.17, 15) is 0 Å². The van der Waals surface area contributed by atoms with E-state index in [4.69, 9.17) is 11.1 Å². The zero-order valence-corrected chi connectivity index (χ0v) is 17.3. The number of diazo groups is 1. The fourth-order valence-electron chi connectivity index (χ4n) is 2.02. The van der Waals surface area contributed by atoms with Gasteiger partial charge < -0.3 is 18.1 Å². The summed E-state index contributed by atoms with van der Waals surface area (Å²) in [6, 6.07) is 10.8. The number of hydrogen-bond donors (Lipinski definition) is 1. The molecule has 5 nitrogen and oxygen atoms in total. The average Bonchev–Trinajstić information content (AvgIpc) is 2.47. The van der Waals surface area contributed by atoms with Gasteiger partial charge in [0.1, 0.15) is 11.4 Å². The number of nitrogens with zero attached hydrogens (tertiary/aromatic N) is 4. The number of benzene rings is 2. The van der Waals surface area contributed by atoms with Crippen LogP contribution in [0.15, 0.2) is 45.3 Å². The number of anilines is 1. The van der Waals surface area contributed by atoms with E-state index in [-0.39, 0.29) is 37.2 Å². The summed E-state index contributed by atoms with van der Waals surface area (Å²) >= 11 is 6.78. The maximum absolute atomic E-state index is 9.11. The van der Waals surface area contributed by atoms with Crippen LogP contribution in [0.25, 0.3) is 27.3 Å². The van der Waals surface area contributed by atoms with Crippen LogP contribution >= 0.6 is 56.7 Å². The fraction of sp³-hybridized carbons (Fsp3) is 0. The highest BCUT2D eigenvalue weighted by atomic mass is 79.9. The summed E-state index contributed by atoms with van der Waals surface area (Å²) in [5.74, 6) is 0.789. The molecule has 1 heterocycles. The molecule has 0 saturated carbocycles. The lowest BCUT2D eigenvalue weighted by atomic mass is 10.1. The molecule has 24 heavy (non-hydrogen) atoms. The zero-order valence-electron chi connectivity index (χ0n) is 11.8. The summed E-state index contributed by atoms with van der Waals surface area (Å²) in [6.45, 7) is 0. The SMILES string of the molecule is Cl.Cl.N#[N+]c1ccc(Br)cc1-c1nc(N)c2cc(Br)ccc2n1.[Cl-]. The molecule has 0 atom stereocenters. The number of aromatic nitrogens is 2. The van der Waals surface area contributed by atoms with Crippen molar-refractivity contribution in [3.05, 3.63) is 50.3 Å². The third kappa shape index (κ3) is 4.47. The van der Waals surface area contributed by atoms with Gasteiger partial charge in [0.2, 0.25) is 5.39 Å². The maximum Gasteiger partial charge on any atom is 0.396 e. The van der Waals surface area contributed by atoms with Gasteiger partial charge in [-0.2, -0.15) is 0 Å². The second-order valence-corrected chi connectivity index (χ2v) is 6.19. The molecule has 1 aromatic heterocycles. The monoisotopic (exact) mass is 511 g/mol. The van der Waals surface area contributed by atoms with Gasteiger partial charge in [-0.15, -0.1) is 24.8 Å². The first-order valence-corrected chi connectivity index (χ1v) is 7.55. The van der Waals surface area contributed by atoms with Crippen LogP contribution in [0.2, 0.25) is 0 Å². The van der Waals surface area contributed by atoms with E-state index in [1.165, 1.54) is 0 Å². The molecule has 0 radical (unpaired) electrons. The molecular formula is C14H10Br2Cl3N5. The van der Waals surface area contributed by atoms with Crippen molar-refractivity contribution in [2.45, 2.75) is 0 Å². The van der Waals surface area contributed by atoms with Crippen LogP contribution in [0, 0.1) is 5.39 Å². The molecule has 0 fully saturated rings. The van der Waals surface area contributed by atoms with Gasteiger partial charge in [0, 0.05) is 20.4 Å². The quantitative estimate of drug-likeness (QED) is 0.507. The molecule has 10 heteroatoms. The van der Waals surface area contributed by atoms with Crippen LogP contribution in [0.4, 0.5) is 11.5 Å². The minimum Gasteiger partial charge on any atom is -1.00 e. The Morgan fingerprint density at radius 3 is 2.25 bits per heavy atom. The molecular weight excluding hydrogens is 504 g/mol. The van der Waals surface area contributed by atoms with Crippen molar-refractivity contribution in [1.82, 2.24) is 9.97 Å². The standard InChI is InChI=1S/C14H8Br2N5.3ClH/c15-7-1-3-11-9(5-7)13(17)20-14(19-11)10-6-8(16)2-4-12(10)21-18;;;/h1-6H,(H2,17,19,20);3*1H/q+1;;;/p-1. The topological polar surface area (TPSA) is 80.0 Å². The van der Waals surface area contributed by atoms with Crippen LogP contribution in [0.3, 0.4) is 0 Å². The normalized spacial score (nSPS) is 9.21. The molecule has 0 aliphatic carbocycles. The molecule has 3 aromatic rings. The Kier molecular flexibility index (Phi) is 8.89. The maximum atomic E-state index is 9.11. The highest BCUT2D eigenvalue weighted by molar-refractivity contribution is 9.10. The van der Waals surface area contributed by atoms with Crippen LogP contribution < -0.4 is 18.1 Å². The second-order valence-electron chi connectivity index (χ2n) is 4.36. The molecule has 126 valence electrons. The van der Waals surface area contributed by atoms with Crippen molar-refractivity contribution in [3.63, 3.8) is 0 Å². The highest BCUT2D eigenvalue weighted by Gasteiger charge is 2.19. The Morgan fingerprint density at radius 1 is 0.958 bits per heavy atom. The third-order valence-electron chi connectivity index (χ3n) is 2.99. The van der Waals surface area contributed by atoms with Gasteiger partial charge in [-0.05, 0) is 30.3 Å². The Labute approximate surface area is 173 Å². The number of hydrogen-bond acceptors (Lipinski definition) is 4. The van der Waals surface area contributed by atoms with Crippen LogP contribution in [0.1, 0.15) is 0 Å². The number of halogens is 5. The van der Waals surface area contributed by atoms with Crippen LogP contribution in [0.5, 0.6) is 0 Å². The predicted molar refractivity (Wildman–Crippen MR) is 104 cm³/mol. The van der Waals surface area contributed by atoms with E-state index in [0.29, 0.717) is 22.9 Å². The van der Waals surface area contributed by atoms with E-state index in [1.54, 1.807) is 18.2 Å². The lowest BCUT2D eigenvalue weighted by Gasteiger charge is -2.05. The molecule has 0 saturated heterocycles. The number of nitrogen functional groups attached to an aromatic ring is 1. The van der Waals surface area contributed by atoms with Gasteiger partial charge in [-0.1, -0.05) is 31.9 Å². The number of nitrogens with two attached hydrogens (primary N) is 1. The molecule has 0 aliphatic rings. The van der Waals surface area contributed by atoms with Gasteiger partial charge in [-0.3, -0.25) is 0 Å². The van der Waals surface area contributed by atoms with Crippen molar-refractivity contribution in [2.75, 3.05) is 5.73 Å². The van der Waals surface area contributed by atoms with Gasteiger partial charge in [0.15, 0.2) is 10.8 Å². The molecule has 0 unspecified atom stereocenters. The largest absolute Gasteiger partial charge is 1.00 e. The second kappa shape index (κ2) is 9.35. The lowest BCUT2D eigenvalue weighted by molar-refractivity contribution is -0.00000464. The van der Waals surface area contributed by atoms with E-state index in [0.717, 1.165) is 19.8 Å². The van der Waals surface area contributed by atoms with Crippen LogP contribution in [-0.4, -0.2) is 9.97 Å². The zero-order chi connectivity index (χ0) is 15.0. The third-order valence-corrected chi connectivity index (χ3v) is 3.98. The summed E-state index contributed by atoms with van der Waals surface area (Å²) in [5.41, 5.74) is 7.73. The number of fused-ring (bicyclic) bond motifs is 1. The Hall–Kier alpha value is -1.17. The van der Waals surface area contributed by atoms with E-state index >= 15 is 0 Å². The van der Waals surface area contributed by atoms with E-state index < -0.39 is 0 Å². The van der Waals surface area contributed by atoms with Gasteiger partial charge in [-0.25, -0.2) is 9.97 Å². The number of rotatable bonds is 1. The molecule has 0 bridgehead atoms. The first kappa shape index (κ1) is 22.8. The summed E-state index contributed by atoms with van der Waals surface area (Å²) < 4.78 is 1.74. The minimum absolute atomic E-state index is 0.